The van der Waals surface area contributed by atoms with Crippen molar-refractivity contribution in [2.24, 2.45) is 0 Å². The van der Waals surface area contributed by atoms with Gasteiger partial charge in [0.1, 0.15) is 24.1 Å². The molecule has 0 saturated heterocycles. The van der Waals surface area contributed by atoms with Crippen molar-refractivity contribution in [1.29, 1.82) is 0 Å². The number of carboxylic acid groups (broad SMARTS) is 1. The number of carboxylic acids is 1. The highest BCUT2D eigenvalue weighted by atomic mass is 19.4. The molecule has 1 aromatic heterocycles. The number of halogens is 4. The second kappa shape index (κ2) is 9.63. The molecule has 2 atom stereocenters. The van der Waals surface area contributed by atoms with E-state index >= 15 is 0 Å². The summed E-state index contributed by atoms with van der Waals surface area (Å²) in [5.41, 5.74) is 0.253. The third-order valence-electron chi connectivity index (χ3n) is 6.10. The predicted molar refractivity (Wildman–Crippen MR) is 124 cm³/mol. The molecule has 1 unspecified atom stereocenters. The largest absolute Gasteiger partial charge is 0.478 e. The monoisotopic (exact) mass is 504 g/mol. The minimum atomic E-state index is -4.94. The third-order valence-corrected chi connectivity index (χ3v) is 6.10. The second-order valence-electron chi connectivity index (χ2n) is 8.79. The van der Waals surface area contributed by atoms with Crippen molar-refractivity contribution in [2.75, 3.05) is 18.1 Å². The number of benzene rings is 2. The lowest BCUT2D eigenvalue weighted by atomic mass is 10.1. The van der Waals surface area contributed by atoms with Gasteiger partial charge in [-0.25, -0.2) is 13.9 Å². The maximum Gasteiger partial charge on any atom is 0.436 e. The smallest absolute Gasteiger partial charge is 0.436 e. The number of hydrogen-bond donors (Lipinski definition) is 2. The summed E-state index contributed by atoms with van der Waals surface area (Å²) < 4.78 is 56.6. The molecule has 2 N–H and O–H groups in total. The van der Waals surface area contributed by atoms with Gasteiger partial charge in [-0.05, 0) is 37.1 Å². The highest BCUT2D eigenvalue weighted by Crippen LogP contribution is 2.41. The van der Waals surface area contributed by atoms with Crippen molar-refractivity contribution in [1.82, 2.24) is 15.1 Å². The van der Waals surface area contributed by atoms with E-state index in [2.05, 4.69) is 10.4 Å². The fourth-order valence-corrected chi connectivity index (χ4v) is 4.36. The molecular weight excluding hydrogens is 480 g/mol. The molecule has 0 radical (unpaired) electrons. The molecule has 1 aliphatic heterocycles. The molecule has 7 nitrogen and oxygen atoms in total. The van der Waals surface area contributed by atoms with Crippen LogP contribution >= 0.6 is 0 Å². The number of alkyl halides is 4. The molecule has 0 aliphatic carbocycles. The van der Waals surface area contributed by atoms with Crippen LogP contribution < -0.4 is 10.2 Å². The number of nitrogens with one attached hydrogen (secondary N) is 1. The van der Waals surface area contributed by atoms with Crippen LogP contribution in [0, 0.1) is 6.92 Å². The number of rotatable bonds is 7. The summed E-state index contributed by atoms with van der Waals surface area (Å²) in [5.74, 6) is -2.22. The molecule has 11 heteroatoms. The molecule has 3 aromatic rings. The first-order chi connectivity index (χ1) is 17.0. The Bertz CT molecular complexity index is 1290. The number of anilines is 1. The number of carbonyl (C=O) groups excluding carboxylic acids is 1. The van der Waals surface area contributed by atoms with E-state index < -0.39 is 48.1 Å². The Morgan fingerprint density at radius 3 is 2.47 bits per heavy atom. The number of aromatic nitrogens is 2. The van der Waals surface area contributed by atoms with E-state index in [9.17, 15) is 27.2 Å². The second-order valence-corrected chi connectivity index (χ2v) is 8.79. The van der Waals surface area contributed by atoms with Crippen LogP contribution in [0.25, 0.3) is 0 Å². The van der Waals surface area contributed by atoms with Gasteiger partial charge in [0, 0.05) is 13.1 Å². The molecule has 190 valence electrons. The van der Waals surface area contributed by atoms with Crippen LogP contribution in [0.4, 0.5) is 23.4 Å². The van der Waals surface area contributed by atoms with Crippen molar-refractivity contribution in [3.63, 3.8) is 0 Å². The molecule has 1 aliphatic rings. The first-order valence-electron chi connectivity index (χ1n) is 11.2. The lowest BCUT2D eigenvalue weighted by Gasteiger charge is -2.21. The van der Waals surface area contributed by atoms with Crippen molar-refractivity contribution in [3.8, 4) is 0 Å². The van der Waals surface area contributed by atoms with Gasteiger partial charge < -0.3 is 15.3 Å². The number of aromatic carboxylic acids is 1. The number of amides is 1. The van der Waals surface area contributed by atoms with Crippen molar-refractivity contribution < 1.29 is 32.3 Å². The molecule has 2 heterocycles. The van der Waals surface area contributed by atoms with E-state index in [1.165, 1.54) is 24.3 Å². The van der Waals surface area contributed by atoms with Crippen LogP contribution in [-0.4, -0.2) is 40.0 Å². The Morgan fingerprint density at radius 2 is 1.89 bits per heavy atom. The number of carbonyl (C=O) groups is 2. The summed E-state index contributed by atoms with van der Waals surface area (Å²) in [6.45, 7) is 2.75. The Balaban J connectivity index is 1.71. The van der Waals surface area contributed by atoms with Crippen LogP contribution in [0.3, 0.4) is 0 Å². The Morgan fingerprint density at radius 1 is 1.19 bits per heavy atom. The van der Waals surface area contributed by atoms with Crippen LogP contribution in [0.15, 0.2) is 48.5 Å². The first-order valence-corrected chi connectivity index (χ1v) is 11.2. The Kier molecular flexibility index (Phi) is 6.75. The van der Waals surface area contributed by atoms with Gasteiger partial charge in [-0.3, -0.25) is 4.79 Å². The number of nitrogens with zero attached hydrogens (tertiary/aromatic N) is 3. The highest BCUT2D eigenvalue weighted by molar-refractivity contribution is 6.01. The molecule has 2 aromatic carbocycles. The SMILES string of the molecule is Cc1cccc(CN2C[C@@H](CF)n3nc(C(F)(F)F)c(C(=O)NC(C)c4ccc(C(=O)O)cc4)c32)c1. The molecule has 4 rings (SSSR count). The van der Waals surface area contributed by atoms with E-state index in [4.69, 9.17) is 5.11 Å². The van der Waals surface area contributed by atoms with E-state index in [0.29, 0.717) is 5.56 Å². The van der Waals surface area contributed by atoms with E-state index in [1.807, 2.05) is 31.2 Å². The van der Waals surface area contributed by atoms with Gasteiger partial charge in [0.05, 0.1) is 11.6 Å². The zero-order valence-electron chi connectivity index (χ0n) is 19.5. The standard InChI is InChI=1S/C25H24F4N4O3/c1-14-4-3-5-16(10-14)12-32-13-19(11-26)33-23(32)20(21(31-33)25(27,28)29)22(34)30-15(2)17-6-8-18(9-7-17)24(35)36/h3-10,15,19H,11-13H2,1-2H3,(H,30,34)(H,35,36)/t15?,19-/m1/s1. The summed E-state index contributed by atoms with van der Waals surface area (Å²) in [7, 11) is 0. The molecule has 36 heavy (non-hydrogen) atoms. The molecule has 1 amide bonds. The zero-order valence-corrected chi connectivity index (χ0v) is 19.5. The highest BCUT2D eigenvalue weighted by Gasteiger charge is 2.46. The minimum Gasteiger partial charge on any atom is -0.478 e. The average molecular weight is 504 g/mol. The van der Waals surface area contributed by atoms with E-state index in [1.54, 1.807) is 11.8 Å². The van der Waals surface area contributed by atoms with Crippen molar-refractivity contribution in [2.45, 2.75) is 38.7 Å². The fraction of sp³-hybridized carbons (Fsp3) is 0.320. The third kappa shape index (κ3) is 4.91. The molecule has 0 saturated carbocycles. The Labute approximate surface area is 204 Å². The fourth-order valence-electron chi connectivity index (χ4n) is 4.36. The summed E-state index contributed by atoms with van der Waals surface area (Å²) >= 11 is 0. The molecule has 0 fully saturated rings. The number of fused-ring (bicyclic) bond motifs is 1. The molecule has 0 spiro atoms. The van der Waals surface area contributed by atoms with Crippen molar-refractivity contribution in [3.05, 3.63) is 82.0 Å². The summed E-state index contributed by atoms with van der Waals surface area (Å²) in [4.78, 5) is 25.9. The maximum absolute atomic E-state index is 14.0. The summed E-state index contributed by atoms with van der Waals surface area (Å²) in [6, 6.07) is 11.3. The quantitative estimate of drug-likeness (QED) is 0.446. The van der Waals surface area contributed by atoms with Gasteiger partial charge >= 0.3 is 12.1 Å². The average Bonchev–Trinajstić information content (AvgIpc) is 3.37. The van der Waals surface area contributed by atoms with Gasteiger partial charge in [0.25, 0.3) is 5.91 Å². The predicted octanol–water partition coefficient (Wildman–Crippen LogP) is 4.93. The van der Waals surface area contributed by atoms with Crippen LogP contribution in [0.5, 0.6) is 0 Å². The first kappa shape index (κ1) is 25.2. The topological polar surface area (TPSA) is 87.5 Å². The number of hydrogen-bond acceptors (Lipinski definition) is 4. The van der Waals surface area contributed by atoms with Gasteiger partial charge in [0.15, 0.2) is 5.69 Å². The van der Waals surface area contributed by atoms with Crippen LogP contribution in [-0.2, 0) is 12.7 Å². The van der Waals surface area contributed by atoms with Crippen LogP contribution in [0.1, 0.15) is 62.1 Å². The van der Waals surface area contributed by atoms with Gasteiger partial charge in [-0.1, -0.05) is 42.0 Å². The summed E-state index contributed by atoms with van der Waals surface area (Å²) in [6.07, 6.45) is -4.94. The van der Waals surface area contributed by atoms with Crippen molar-refractivity contribution >= 4 is 17.7 Å². The molecule has 0 bridgehead atoms. The lowest BCUT2D eigenvalue weighted by molar-refractivity contribution is -0.141. The summed E-state index contributed by atoms with van der Waals surface area (Å²) in [5, 5.41) is 15.2. The lowest BCUT2D eigenvalue weighted by Crippen LogP contribution is -2.31. The maximum atomic E-state index is 14.0. The number of aryl methyl sites for hydroxylation is 1. The van der Waals surface area contributed by atoms with Gasteiger partial charge in [-0.15, -0.1) is 0 Å². The zero-order chi connectivity index (χ0) is 26.2. The minimum absolute atomic E-state index is 0.0372. The van der Waals surface area contributed by atoms with Gasteiger partial charge in [-0.2, -0.15) is 18.3 Å². The van der Waals surface area contributed by atoms with Gasteiger partial charge in [0.2, 0.25) is 0 Å². The van der Waals surface area contributed by atoms with E-state index in [-0.39, 0.29) is 24.5 Å². The Hall–Kier alpha value is -3.89. The van der Waals surface area contributed by atoms with E-state index in [0.717, 1.165) is 15.8 Å². The normalized spacial score (nSPS) is 16.1. The molecular formula is C25H24F4N4O3. The van der Waals surface area contributed by atoms with Crippen LogP contribution in [0.2, 0.25) is 0 Å².